The molecule has 2 N–H and O–H groups in total. The number of anilines is 1. The molecule has 2 rings (SSSR count). The summed E-state index contributed by atoms with van der Waals surface area (Å²) in [4.78, 5) is 35.1. The minimum atomic E-state index is -0.637. The molecule has 2 amide bonds. The molecule has 0 bridgehead atoms. The molecular formula is C19H19FN2O4. The lowest BCUT2D eigenvalue weighted by Gasteiger charge is -2.17. The van der Waals surface area contributed by atoms with Gasteiger partial charge in [-0.3, -0.25) is 14.4 Å². The molecular weight excluding hydrogens is 339 g/mol. The molecule has 1 atom stereocenters. The van der Waals surface area contributed by atoms with Crippen LogP contribution in [0.3, 0.4) is 0 Å². The van der Waals surface area contributed by atoms with Crippen LogP contribution in [0.5, 0.6) is 0 Å². The summed E-state index contributed by atoms with van der Waals surface area (Å²) in [6.07, 6.45) is -0.114. The molecule has 0 aliphatic heterocycles. The third-order valence-electron chi connectivity index (χ3n) is 3.42. The lowest BCUT2D eigenvalue weighted by Crippen LogP contribution is -2.29. The Morgan fingerprint density at radius 1 is 1.08 bits per heavy atom. The number of nitrogens with one attached hydrogen (secondary N) is 2. The molecule has 7 heteroatoms. The van der Waals surface area contributed by atoms with E-state index in [1.54, 1.807) is 24.3 Å². The van der Waals surface area contributed by atoms with Gasteiger partial charge in [0.1, 0.15) is 5.82 Å². The van der Waals surface area contributed by atoms with E-state index in [4.69, 9.17) is 4.74 Å². The number of carbonyl (C=O) groups excluding carboxylic acids is 3. The zero-order valence-electron chi connectivity index (χ0n) is 14.2. The maximum Gasteiger partial charge on any atom is 0.308 e. The molecule has 2 aromatic carbocycles. The third kappa shape index (κ3) is 6.35. The summed E-state index contributed by atoms with van der Waals surface area (Å²) in [6.45, 7) is 0.852. The van der Waals surface area contributed by atoms with Gasteiger partial charge in [-0.25, -0.2) is 4.39 Å². The topological polar surface area (TPSA) is 84.5 Å². The lowest BCUT2D eigenvalue weighted by molar-refractivity contribution is -0.148. The molecule has 0 spiro atoms. The van der Waals surface area contributed by atoms with E-state index in [9.17, 15) is 18.8 Å². The van der Waals surface area contributed by atoms with Crippen molar-refractivity contribution in [3.8, 4) is 0 Å². The van der Waals surface area contributed by atoms with Gasteiger partial charge in [-0.05, 0) is 23.8 Å². The standard InChI is InChI=1S/C19H19FN2O4/c1-13(23)21-17(14-6-3-2-4-7-14)11-19(25)26-12-18(24)22-16-9-5-8-15(20)10-16/h2-10,17H,11-12H2,1H3,(H,21,23)(H,22,24)/t17-/m1/s1. The van der Waals surface area contributed by atoms with Gasteiger partial charge in [0.2, 0.25) is 5.91 Å². The van der Waals surface area contributed by atoms with E-state index in [2.05, 4.69) is 10.6 Å². The maximum atomic E-state index is 13.1. The Morgan fingerprint density at radius 3 is 2.46 bits per heavy atom. The summed E-state index contributed by atoms with van der Waals surface area (Å²) < 4.78 is 18.0. The predicted octanol–water partition coefficient (Wildman–Crippen LogP) is 2.57. The van der Waals surface area contributed by atoms with Crippen molar-refractivity contribution >= 4 is 23.5 Å². The molecule has 26 heavy (non-hydrogen) atoms. The van der Waals surface area contributed by atoms with Gasteiger partial charge < -0.3 is 15.4 Å². The van der Waals surface area contributed by atoms with Gasteiger partial charge in [-0.2, -0.15) is 0 Å². The van der Waals surface area contributed by atoms with Crippen LogP contribution in [-0.4, -0.2) is 24.4 Å². The summed E-state index contributed by atoms with van der Waals surface area (Å²) in [6, 6.07) is 13.8. The maximum absolute atomic E-state index is 13.1. The van der Waals surface area contributed by atoms with E-state index in [0.29, 0.717) is 0 Å². The van der Waals surface area contributed by atoms with E-state index in [1.165, 1.54) is 25.1 Å². The van der Waals surface area contributed by atoms with Gasteiger partial charge in [0.25, 0.3) is 5.91 Å². The van der Waals surface area contributed by atoms with Crippen LogP contribution in [-0.2, 0) is 19.1 Å². The molecule has 0 heterocycles. The number of amides is 2. The predicted molar refractivity (Wildman–Crippen MR) is 93.6 cm³/mol. The minimum absolute atomic E-state index is 0.114. The Kier molecular flexibility index (Phi) is 6.84. The zero-order valence-corrected chi connectivity index (χ0v) is 14.2. The highest BCUT2D eigenvalue weighted by atomic mass is 19.1. The van der Waals surface area contributed by atoms with E-state index in [0.717, 1.165) is 11.6 Å². The summed E-state index contributed by atoms with van der Waals surface area (Å²) >= 11 is 0. The molecule has 6 nitrogen and oxygen atoms in total. The van der Waals surface area contributed by atoms with Crippen LogP contribution in [0.2, 0.25) is 0 Å². The van der Waals surface area contributed by atoms with Crippen LogP contribution >= 0.6 is 0 Å². The second-order valence-electron chi connectivity index (χ2n) is 5.59. The first-order chi connectivity index (χ1) is 12.4. The Bertz CT molecular complexity index is 780. The van der Waals surface area contributed by atoms with E-state index >= 15 is 0 Å². The molecule has 0 fully saturated rings. The SMILES string of the molecule is CC(=O)N[C@H](CC(=O)OCC(=O)Nc1cccc(F)c1)c1ccccc1. The number of hydrogen-bond donors (Lipinski definition) is 2. The normalized spacial score (nSPS) is 11.3. The van der Waals surface area contributed by atoms with Crippen molar-refractivity contribution in [2.75, 3.05) is 11.9 Å². The van der Waals surface area contributed by atoms with Crippen molar-refractivity contribution in [2.45, 2.75) is 19.4 Å². The van der Waals surface area contributed by atoms with Gasteiger partial charge in [-0.1, -0.05) is 36.4 Å². The smallest absolute Gasteiger partial charge is 0.308 e. The van der Waals surface area contributed by atoms with Crippen LogP contribution in [0.1, 0.15) is 24.9 Å². The fraction of sp³-hybridized carbons (Fsp3) is 0.211. The molecule has 0 saturated heterocycles. The number of rotatable bonds is 7. The average Bonchev–Trinajstić information content (AvgIpc) is 2.60. The molecule has 0 aliphatic rings. The molecule has 2 aromatic rings. The Labute approximate surface area is 150 Å². The largest absolute Gasteiger partial charge is 0.455 e. The minimum Gasteiger partial charge on any atom is -0.455 e. The summed E-state index contributed by atoms with van der Waals surface area (Å²) in [5.74, 6) is -1.99. The zero-order chi connectivity index (χ0) is 18.9. The molecule has 0 aromatic heterocycles. The number of halogens is 1. The van der Waals surface area contributed by atoms with Crippen molar-refractivity contribution in [3.63, 3.8) is 0 Å². The van der Waals surface area contributed by atoms with Gasteiger partial charge in [-0.15, -0.1) is 0 Å². The number of ether oxygens (including phenoxy) is 1. The van der Waals surface area contributed by atoms with Gasteiger partial charge in [0.15, 0.2) is 6.61 Å². The monoisotopic (exact) mass is 358 g/mol. The average molecular weight is 358 g/mol. The van der Waals surface area contributed by atoms with Crippen molar-refractivity contribution < 1.29 is 23.5 Å². The fourth-order valence-electron chi connectivity index (χ4n) is 2.32. The third-order valence-corrected chi connectivity index (χ3v) is 3.42. The summed E-state index contributed by atoms with van der Waals surface area (Å²) in [7, 11) is 0. The van der Waals surface area contributed by atoms with Gasteiger partial charge >= 0.3 is 5.97 Å². The molecule has 0 unspecified atom stereocenters. The first-order valence-electron chi connectivity index (χ1n) is 7.97. The lowest BCUT2D eigenvalue weighted by atomic mass is 10.0. The first-order valence-corrected chi connectivity index (χ1v) is 7.97. The molecule has 0 aliphatic carbocycles. The number of esters is 1. The summed E-state index contributed by atoms with van der Waals surface area (Å²) in [5, 5.41) is 5.11. The van der Waals surface area contributed by atoms with Crippen molar-refractivity contribution in [2.24, 2.45) is 0 Å². The van der Waals surface area contributed by atoms with Crippen LogP contribution in [0.15, 0.2) is 54.6 Å². The van der Waals surface area contributed by atoms with Gasteiger partial charge in [0, 0.05) is 12.6 Å². The fourth-order valence-corrected chi connectivity index (χ4v) is 2.32. The molecule has 0 radical (unpaired) electrons. The van der Waals surface area contributed by atoms with Crippen molar-refractivity contribution in [1.82, 2.24) is 5.32 Å². The second-order valence-corrected chi connectivity index (χ2v) is 5.59. The quantitative estimate of drug-likeness (QED) is 0.745. The highest BCUT2D eigenvalue weighted by Crippen LogP contribution is 2.17. The number of hydrogen-bond acceptors (Lipinski definition) is 4. The first kappa shape index (κ1) is 19.1. The van der Waals surface area contributed by atoms with Crippen molar-refractivity contribution in [1.29, 1.82) is 0 Å². The van der Waals surface area contributed by atoms with Crippen LogP contribution in [0, 0.1) is 5.82 Å². The van der Waals surface area contributed by atoms with E-state index < -0.39 is 30.3 Å². The van der Waals surface area contributed by atoms with Crippen LogP contribution < -0.4 is 10.6 Å². The van der Waals surface area contributed by atoms with Crippen LogP contribution in [0.25, 0.3) is 0 Å². The highest BCUT2D eigenvalue weighted by Gasteiger charge is 2.18. The number of carbonyl (C=O) groups is 3. The summed E-state index contributed by atoms with van der Waals surface area (Å²) in [5.41, 5.74) is 1.02. The Balaban J connectivity index is 1.87. The highest BCUT2D eigenvalue weighted by molar-refractivity contribution is 5.92. The van der Waals surface area contributed by atoms with E-state index in [-0.39, 0.29) is 18.0 Å². The van der Waals surface area contributed by atoms with E-state index in [1.807, 2.05) is 6.07 Å². The van der Waals surface area contributed by atoms with Crippen LogP contribution in [0.4, 0.5) is 10.1 Å². The molecule has 0 saturated carbocycles. The Morgan fingerprint density at radius 2 is 1.81 bits per heavy atom. The van der Waals surface area contributed by atoms with Gasteiger partial charge in [0.05, 0.1) is 12.5 Å². The van der Waals surface area contributed by atoms with Crippen molar-refractivity contribution in [3.05, 3.63) is 66.0 Å². The second kappa shape index (κ2) is 9.31. The Hall–Kier alpha value is -3.22. The molecule has 136 valence electrons. The number of benzene rings is 2.